The lowest BCUT2D eigenvalue weighted by atomic mass is 9.96. The zero-order valence-corrected chi connectivity index (χ0v) is 10.4. The molecule has 0 saturated carbocycles. The summed E-state index contributed by atoms with van der Waals surface area (Å²) in [7, 11) is 0. The molecule has 1 nitrogen and oxygen atoms in total. The molecular weight excluding hydrogens is 208 g/mol. The van der Waals surface area contributed by atoms with Crippen LogP contribution in [0.1, 0.15) is 25.8 Å². The van der Waals surface area contributed by atoms with E-state index in [9.17, 15) is 4.79 Å². The van der Waals surface area contributed by atoms with Gasteiger partial charge >= 0.3 is 0 Å². The molecule has 0 spiro atoms. The van der Waals surface area contributed by atoms with Gasteiger partial charge in [-0.25, -0.2) is 0 Å². The van der Waals surface area contributed by atoms with Crippen LogP contribution in [0.4, 0.5) is 0 Å². The van der Waals surface area contributed by atoms with Crippen LogP contribution >= 0.6 is 0 Å². The standard InChI is InChI=1S/C16H18O/c1-3-12(2)16(17)11-13-8-9-14-6-4-5-7-15(14)10-13/h4-10,12H,3,11H2,1-2H3. The predicted octanol–water partition coefficient (Wildman–Crippen LogP) is 4.00. The number of hydrogen-bond donors (Lipinski definition) is 0. The Hall–Kier alpha value is -1.63. The van der Waals surface area contributed by atoms with Gasteiger partial charge in [0.2, 0.25) is 0 Å². The number of hydrogen-bond acceptors (Lipinski definition) is 1. The number of benzene rings is 2. The molecule has 2 aromatic rings. The van der Waals surface area contributed by atoms with E-state index in [-0.39, 0.29) is 5.92 Å². The van der Waals surface area contributed by atoms with Crippen LogP contribution in [0.2, 0.25) is 0 Å². The van der Waals surface area contributed by atoms with Gasteiger partial charge in [0.15, 0.2) is 0 Å². The third-order valence-electron chi connectivity index (χ3n) is 3.35. The number of Topliss-reactive ketones (excluding diaryl/α,β-unsaturated/α-hetero) is 1. The Morgan fingerprint density at radius 3 is 2.53 bits per heavy atom. The molecule has 1 unspecified atom stereocenters. The minimum atomic E-state index is 0.168. The van der Waals surface area contributed by atoms with Gasteiger partial charge in [-0.05, 0) is 22.8 Å². The Morgan fingerprint density at radius 1 is 1.12 bits per heavy atom. The summed E-state index contributed by atoms with van der Waals surface area (Å²) in [5, 5.41) is 2.44. The van der Waals surface area contributed by atoms with Gasteiger partial charge in [-0.1, -0.05) is 56.3 Å². The summed E-state index contributed by atoms with van der Waals surface area (Å²) in [6.07, 6.45) is 1.48. The summed E-state index contributed by atoms with van der Waals surface area (Å²) in [4.78, 5) is 11.9. The van der Waals surface area contributed by atoms with Gasteiger partial charge in [-0.15, -0.1) is 0 Å². The first-order chi connectivity index (χ1) is 8.20. The average molecular weight is 226 g/mol. The molecule has 0 amide bonds. The number of rotatable bonds is 4. The zero-order chi connectivity index (χ0) is 12.3. The molecular formula is C16H18O. The smallest absolute Gasteiger partial charge is 0.140 e. The zero-order valence-electron chi connectivity index (χ0n) is 10.4. The Kier molecular flexibility index (Phi) is 3.58. The first-order valence-electron chi connectivity index (χ1n) is 6.21. The normalized spacial score (nSPS) is 12.6. The van der Waals surface area contributed by atoms with E-state index in [2.05, 4.69) is 37.3 Å². The highest BCUT2D eigenvalue weighted by Gasteiger charge is 2.11. The molecule has 0 N–H and O–H groups in total. The Balaban J connectivity index is 2.22. The van der Waals surface area contributed by atoms with Gasteiger partial charge in [-0.2, -0.15) is 0 Å². The summed E-state index contributed by atoms with van der Waals surface area (Å²) in [5.74, 6) is 0.504. The monoisotopic (exact) mass is 226 g/mol. The van der Waals surface area contributed by atoms with Crippen LogP contribution in [0.3, 0.4) is 0 Å². The van der Waals surface area contributed by atoms with Crippen molar-refractivity contribution in [2.75, 3.05) is 0 Å². The van der Waals surface area contributed by atoms with Crippen LogP contribution in [-0.4, -0.2) is 5.78 Å². The van der Waals surface area contributed by atoms with Gasteiger partial charge in [0, 0.05) is 12.3 Å². The summed E-state index contributed by atoms with van der Waals surface area (Å²) >= 11 is 0. The van der Waals surface area contributed by atoms with Crippen molar-refractivity contribution in [1.29, 1.82) is 0 Å². The molecule has 0 aliphatic heterocycles. The number of carbonyl (C=O) groups excluding carboxylic acids is 1. The van der Waals surface area contributed by atoms with Crippen molar-refractivity contribution >= 4 is 16.6 Å². The second-order valence-corrected chi connectivity index (χ2v) is 4.63. The lowest BCUT2D eigenvalue weighted by Crippen LogP contribution is -2.12. The first-order valence-corrected chi connectivity index (χ1v) is 6.21. The Morgan fingerprint density at radius 2 is 1.82 bits per heavy atom. The van der Waals surface area contributed by atoms with E-state index >= 15 is 0 Å². The fourth-order valence-corrected chi connectivity index (χ4v) is 1.95. The highest BCUT2D eigenvalue weighted by atomic mass is 16.1. The third kappa shape index (κ3) is 2.73. The molecule has 0 aliphatic rings. The van der Waals surface area contributed by atoms with Crippen molar-refractivity contribution in [1.82, 2.24) is 0 Å². The van der Waals surface area contributed by atoms with Gasteiger partial charge < -0.3 is 0 Å². The van der Waals surface area contributed by atoms with E-state index in [1.54, 1.807) is 0 Å². The molecule has 2 aromatic carbocycles. The van der Waals surface area contributed by atoms with E-state index in [4.69, 9.17) is 0 Å². The Bertz CT molecular complexity index is 528. The first kappa shape index (κ1) is 11.8. The topological polar surface area (TPSA) is 17.1 Å². The van der Waals surface area contributed by atoms with Crippen molar-refractivity contribution in [2.24, 2.45) is 5.92 Å². The van der Waals surface area contributed by atoms with Crippen LogP contribution in [0.15, 0.2) is 42.5 Å². The molecule has 0 bridgehead atoms. The van der Waals surface area contributed by atoms with Crippen molar-refractivity contribution in [2.45, 2.75) is 26.7 Å². The van der Waals surface area contributed by atoms with E-state index < -0.39 is 0 Å². The molecule has 0 saturated heterocycles. The van der Waals surface area contributed by atoms with E-state index in [0.717, 1.165) is 12.0 Å². The lowest BCUT2D eigenvalue weighted by Gasteiger charge is -2.08. The molecule has 0 aromatic heterocycles. The van der Waals surface area contributed by atoms with Gasteiger partial charge in [0.25, 0.3) is 0 Å². The van der Waals surface area contributed by atoms with E-state index in [1.165, 1.54) is 10.8 Å². The summed E-state index contributed by atoms with van der Waals surface area (Å²) in [6, 6.07) is 14.5. The van der Waals surface area contributed by atoms with Gasteiger partial charge in [0.1, 0.15) is 5.78 Å². The molecule has 0 heterocycles. The fraction of sp³-hybridized carbons (Fsp3) is 0.312. The number of carbonyl (C=O) groups is 1. The average Bonchev–Trinajstić information content (AvgIpc) is 2.37. The number of fused-ring (bicyclic) bond motifs is 1. The second kappa shape index (κ2) is 5.13. The molecule has 88 valence electrons. The predicted molar refractivity (Wildman–Crippen MR) is 72.1 cm³/mol. The van der Waals surface area contributed by atoms with Crippen molar-refractivity contribution in [3.63, 3.8) is 0 Å². The molecule has 17 heavy (non-hydrogen) atoms. The minimum absolute atomic E-state index is 0.168. The van der Waals surface area contributed by atoms with E-state index in [1.807, 2.05) is 19.1 Å². The van der Waals surface area contributed by atoms with Crippen molar-refractivity contribution in [3.05, 3.63) is 48.0 Å². The Labute approximate surface area is 102 Å². The molecule has 0 radical (unpaired) electrons. The van der Waals surface area contributed by atoms with Crippen molar-refractivity contribution < 1.29 is 4.79 Å². The van der Waals surface area contributed by atoms with Gasteiger partial charge in [-0.3, -0.25) is 4.79 Å². The number of ketones is 1. The van der Waals surface area contributed by atoms with Gasteiger partial charge in [0.05, 0.1) is 0 Å². The summed E-state index contributed by atoms with van der Waals surface area (Å²) in [6.45, 7) is 4.06. The minimum Gasteiger partial charge on any atom is -0.299 e. The SMILES string of the molecule is CCC(C)C(=O)Cc1ccc2ccccc2c1. The van der Waals surface area contributed by atoms with Crippen LogP contribution in [0, 0.1) is 5.92 Å². The maximum atomic E-state index is 11.9. The lowest BCUT2D eigenvalue weighted by molar-refractivity contribution is -0.121. The maximum absolute atomic E-state index is 11.9. The van der Waals surface area contributed by atoms with Crippen LogP contribution in [0.25, 0.3) is 10.8 Å². The largest absolute Gasteiger partial charge is 0.299 e. The highest BCUT2D eigenvalue weighted by molar-refractivity contribution is 5.86. The third-order valence-corrected chi connectivity index (χ3v) is 3.35. The van der Waals surface area contributed by atoms with Crippen LogP contribution in [0.5, 0.6) is 0 Å². The van der Waals surface area contributed by atoms with Crippen molar-refractivity contribution in [3.8, 4) is 0 Å². The summed E-state index contributed by atoms with van der Waals surface area (Å²) < 4.78 is 0. The molecule has 2 rings (SSSR count). The quantitative estimate of drug-likeness (QED) is 0.770. The molecule has 0 aliphatic carbocycles. The van der Waals surface area contributed by atoms with Crippen LogP contribution < -0.4 is 0 Å². The molecule has 1 heteroatoms. The molecule has 1 atom stereocenters. The summed E-state index contributed by atoms with van der Waals surface area (Å²) in [5.41, 5.74) is 1.12. The van der Waals surface area contributed by atoms with E-state index in [0.29, 0.717) is 12.2 Å². The molecule has 0 fully saturated rings. The second-order valence-electron chi connectivity index (χ2n) is 4.63. The maximum Gasteiger partial charge on any atom is 0.140 e. The fourth-order valence-electron chi connectivity index (χ4n) is 1.95. The highest BCUT2D eigenvalue weighted by Crippen LogP contribution is 2.17. The van der Waals surface area contributed by atoms with Crippen LogP contribution in [-0.2, 0) is 11.2 Å².